The molecule has 29 heavy (non-hydrogen) atoms. The van der Waals surface area contributed by atoms with Gasteiger partial charge in [0.1, 0.15) is 12.1 Å². The highest BCUT2D eigenvalue weighted by atomic mass is 16.3. The van der Waals surface area contributed by atoms with Crippen LogP contribution in [-0.2, 0) is 6.54 Å². The van der Waals surface area contributed by atoms with E-state index < -0.39 is 0 Å². The fourth-order valence-electron chi connectivity index (χ4n) is 4.09. The van der Waals surface area contributed by atoms with Gasteiger partial charge in [-0.05, 0) is 51.7 Å². The predicted octanol–water partition coefficient (Wildman–Crippen LogP) is 6.62. The second-order valence-electron chi connectivity index (χ2n) is 9.87. The maximum atomic E-state index is 6.07. The van der Waals surface area contributed by atoms with Crippen LogP contribution in [-0.4, -0.2) is 56.3 Å². The number of rotatable bonds is 15. The molecule has 164 valence electrons. The number of benzene rings is 1. The molecule has 2 aromatic rings. The predicted molar refractivity (Wildman–Crippen MR) is 126 cm³/mol. The van der Waals surface area contributed by atoms with E-state index in [0.29, 0.717) is 0 Å². The first-order chi connectivity index (χ1) is 13.9. The van der Waals surface area contributed by atoms with Crippen molar-refractivity contribution in [2.24, 2.45) is 0 Å². The van der Waals surface area contributed by atoms with Crippen molar-refractivity contribution in [1.82, 2.24) is 0 Å². The number of hydrogen-bond donors (Lipinski definition) is 0. The van der Waals surface area contributed by atoms with E-state index in [-0.39, 0.29) is 0 Å². The van der Waals surface area contributed by atoms with Crippen LogP contribution in [0.2, 0.25) is 0 Å². The second-order valence-corrected chi connectivity index (χ2v) is 9.87. The summed E-state index contributed by atoms with van der Waals surface area (Å²) in [7, 11) is 7.07. The van der Waals surface area contributed by atoms with Gasteiger partial charge in [-0.1, -0.05) is 43.9 Å². The Morgan fingerprint density at radius 3 is 1.90 bits per heavy atom. The number of fused-ring (bicyclic) bond motifs is 1. The summed E-state index contributed by atoms with van der Waals surface area (Å²) in [6.07, 6.45) is 11.1. The smallest absolute Gasteiger partial charge is 0.159 e. The summed E-state index contributed by atoms with van der Waals surface area (Å²) in [5, 5.41) is 1.22. The standard InChI is InChI=1S/C26H46N2O/c1-6-27(3,4)20-16-12-10-8-9-11-13-17-21-28(5,7-2)23-25-22-24-18-14-15-19-26(24)29-25/h14-15,18-19,22H,6-13,16-17,20-21,23H2,1-5H3/q+2/t28-/m1/s1. The normalized spacial score (nSPS) is 14.4. The summed E-state index contributed by atoms with van der Waals surface area (Å²) in [6, 6.07) is 10.6. The van der Waals surface area contributed by atoms with Gasteiger partial charge in [-0.3, -0.25) is 0 Å². The van der Waals surface area contributed by atoms with Gasteiger partial charge in [0.25, 0.3) is 0 Å². The lowest BCUT2D eigenvalue weighted by atomic mass is 10.1. The van der Waals surface area contributed by atoms with Crippen molar-refractivity contribution < 1.29 is 13.4 Å². The molecular formula is C26H46N2O+2. The average Bonchev–Trinajstić information content (AvgIpc) is 3.11. The Balaban J connectivity index is 1.58. The Labute approximate surface area is 179 Å². The molecule has 1 heterocycles. The Kier molecular flexibility index (Phi) is 9.71. The van der Waals surface area contributed by atoms with E-state index in [4.69, 9.17) is 4.42 Å². The first-order valence-corrected chi connectivity index (χ1v) is 12.0. The molecule has 3 heteroatoms. The zero-order valence-corrected chi connectivity index (χ0v) is 19.9. The van der Waals surface area contributed by atoms with Crippen LogP contribution in [0.5, 0.6) is 0 Å². The molecule has 1 atom stereocenters. The Bertz CT molecular complexity index is 673. The largest absolute Gasteiger partial charge is 0.455 e. The third-order valence-electron chi connectivity index (χ3n) is 6.85. The van der Waals surface area contributed by atoms with Gasteiger partial charge >= 0.3 is 0 Å². The van der Waals surface area contributed by atoms with E-state index in [1.54, 1.807) is 0 Å². The molecule has 0 aliphatic heterocycles. The lowest BCUT2D eigenvalue weighted by molar-refractivity contribution is -0.922. The van der Waals surface area contributed by atoms with Gasteiger partial charge in [-0.2, -0.15) is 0 Å². The number of quaternary nitrogens is 2. The summed E-state index contributed by atoms with van der Waals surface area (Å²) in [6.45, 7) is 10.6. The number of hydrogen-bond acceptors (Lipinski definition) is 1. The van der Waals surface area contributed by atoms with Crippen molar-refractivity contribution in [2.75, 3.05) is 47.3 Å². The SMILES string of the molecule is CC[N+](C)(C)CCCCCCCCCC[N@@+](C)(CC)Cc1cc2ccccc2o1. The molecule has 2 rings (SSSR count). The lowest BCUT2D eigenvalue weighted by Crippen LogP contribution is -2.43. The van der Waals surface area contributed by atoms with Crippen LogP contribution in [0.15, 0.2) is 34.7 Å². The molecule has 0 aliphatic rings. The van der Waals surface area contributed by atoms with Gasteiger partial charge in [0, 0.05) is 5.39 Å². The zero-order valence-electron chi connectivity index (χ0n) is 19.9. The maximum Gasteiger partial charge on any atom is 0.159 e. The van der Waals surface area contributed by atoms with Crippen molar-refractivity contribution in [3.05, 3.63) is 36.1 Å². The highest BCUT2D eigenvalue weighted by Crippen LogP contribution is 2.22. The van der Waals surface area contributed by atoms with E-state index in [1.807, 2.05) is 0 Å². The van der Waals surface area contributed by atoms with Crippen LogP contribution in [0, 0.1) is 0 Å². The number of nitrogens with zero attached hydrogens (tertiary/aromatic N) is 2. The van der Waals surface area contributed by atoms with Crippen LogP contribution >= 0.6 is 0 Å². The zero-order chi connectivity index (χ0) is 21.2. The van der Waals surface area contributed by atoms with Gasteiger partial charge in [-0.15, -0.1) is 0 Å². The molecule has 0 unspecified atom stereocenters. The summed E-state index contributed by atoms with van der Waals surface area (Å²) < 4.78 is 8.31. The molecule has 0 aliphatic carbocycles. The Morgan fingerprint density at radius 1 is 0.724 bits per heavy atom. The molecule has 0 bridgehead atoms. The van der Waals surface area contributed by atoms with Crippen molar-refractivity contribution in [3.8, 4) is 0 Å². The first-order valence-electron chi connectivity index (χ1n) is 12.0. The molecule has 0 radical (unpaired) electrons. The summed E-state index contributed by atoms with van der Waals surface area (Å²) >= 11 is 0. The summed E-state index contributed by atoms with van der Waals surface area (Å²) in [5.41, 5.74) is 1.02. The van der Waals surface area contributed by atoms with Crippen molar-refractivity contribution in [1.29, 1.82) is 0 Å². The minimum Gasteiger partial charge on any atom is -0.455 e. The second kappa shape index (κ2) is 11.8. The Morgan fingerprint density at radius 2 is 1.31 bits per heavy atom. The molecule has 0 fully saturated rings. The Hall–Kier alpha value is -1.32. The van der Waals surface area contributed by atoms with E-state index >= 15 is 0 Å². The first kappa shape index (κ1) is 24.0. The van der Waals surface area contributed by atoms with Gasteiger partial charge in [0.2, 0.25) is 0 Å². The third-order valence-corrected chi connectivity index (χ3v) is 6.85. The molecule has 0 amide bonds. The monoisotopic (exact) mass is 402 g/mol. The van der Waals surface area contributed by atoms with Gasteiger partial charge < -0.3 is 13.4 Å². The van der Waals surface area contributed by atoms with E-state index in [9.17, 15) is 0 Å². The summed E-state index contributed by atoms with van der Waals surface area (Å²) in [4.78, 5) is 0. The highest BCUT2D eigenvalue weighted by Gasteiger charge is 2.21. The fraction of sp³-hybridized carbons (Fsp3) is 0.692. The van der Waals surface area contributed by atoms with E-state index in [2.05, 4.69) is 65.3 Å². The fourth-order valence-corrected chi connectivity index (χ4v) is 4.09. The molecule has 0 saturated carbocycles. The van der Waals surface area contributed by atoms with Gasteiger partial charge in [-0.25, -0.2) is 0 Å². The van der Waals surface area contributed by atoms with Gasteiger partial charge in [0.05, 0.1) is 47.3 Å². The maximum absolute atomic E-state index is 6.07. The molecule has 1 aromatic heterocycles. The van der Waals surface area contributed by atoms with E-state index in [1.165, 1.54) is 80.9 Å². The van der Waals surface area contributed by atoms with Crippen LogP contribution < -0.4 is 0 Å². The van der Waals surface area contributed by atoms with Crippen LogP contribution in [0.1, 0.15) is 71.0 Å². The minimum atomic E-state index is 0.998. The third kappa shape index (κ3) is 8.52. The van der Waals surface area contributed by atoms with Crippen LogP contribution in [0.25, 0.3) is 11.0 Å². The summed E-state index contributed by atoms with van der Waals surface area (Å²) in [5.74, 6) is 1.13. The molecule has 3 nitrogen and oxygen atoms in total. The average molecular weight is 403 g/mol. The molecule has 0 N–H and O–H groups in total. The number of para-hydroxylation sites is 1. The van der Waals surface area contributed by atoms with Crippen molar-refractivity contribution >= 4 is 11.0 Å². The van der Waals surface area contributed by atoms with Gasteiger partial charge in [0.15, 0.2) is 5.76 Å². The number of furan rings is 1. The molecule has 0 spiro atoms. The minimum absolute atomic E-state index is 0.998. The quantitative estimate of drug-likeness (QED) is 0.241. The lowest BCUT2D eigenvalue weighted by Gasteiger charge is -2.32. The highest BCUT2D eigenvalue weighted by molar-refractivity contribution is 5.77. The molecule has 1 aromatic carbocycles. The topological polar surface area (TPSA) is 13.1 Å². The van der Waals surface area contributed by atoms with E-state index in [0.717, 1.165) is 28.9 Å². The van der Waals surface area contributed by atoms with Crippen LogP contribution in [0.4, 0.5) is 0 Å². The van der Waals surface area contributed by atoms with Crippen LogP contribution in [0.3, 0.4) is 0 Å². The molecule has 0 saturated heterocycles. The molecular weight excluding hydrogens is 356 g/mol. The number of unbranched alkanes of at least 4 members (excludes halogenated alkanes) is 7. The van der Waals surface area contributed by atoms with Crippen molar-refractivity contribution in [3.63, 3.8) is 0 Å². The van der Waals surface area contributed by atoms with Crippen molar-refractivity contribution in [2.45, 2.75) is 71.8 Å².